The Hall–Kier alpha value is -1.72. The summed E-state index contributed by atoms with van der Waals surface area (Å²) >= 11 is 0. The van der Waals surface area contributed by atoms with Crippen LogP contribution >= 0.6 is 0 Å². The fraction of sp³-hybridized carbons (Fsp3) is 0.529. The molecule has 1 aliphatic heterocycles. The highest BCUT2D eigenvalue weighted by atomic mass is 16.5. The third-order valence-electron chi connectivity index (χ3n) is 4.26. The Morgan fingerprint density at radius 3 is 3.00 bits per heavy atom. The van der Waals surface area contributed by atoms with Gasteiger partial charge in [-0.15, -0.1) is 0 Å². The molecule has 0 amide bonds. The molecule has 0 unspecified atom stereocenters. The number of pyridine rings is 1. The van der Waals surface area contributed by atoms with Gasteiger partial charge in [-0.05, 0) is 25.0 Å². The third kappa shape index (κ3) is 3.54. The molecule has 1 aliphatic rings. The van der Waals surface area contributed by atoms with Crippen molar-refractivity contribution in [2.45, 2.75) is 25.9 Å². The molecule has 1 fully saturated rings. The Labute approximate surface area is 131 Å². The average Bonchev–Trinajstić information content (AvgIpc) is 3.14. The Kier molecular flexibility index (Phi) is 4.85. The van der Waals surface area contributed by atoms with E-state index in [4.69, 9.17) is 4.74 Å². The number of hydrogen-bond acceptors (Lipinski definition) is 4. The summed E-state index contributed by atoms with van der Waals surface area (Å²) in [6.07, 6.45) is 7.91. The van der Waals surface area contributed by atoms with Crippen molar-refractivity contribution < 1.29 is 4.74 Å². The number of hydrogen-bond donors (Lipinski definition) is 1. The number of rotatable bonds is 6. The first kappa shape index (κ1) is 15.2. The molecule has 0 saturated carbocycles. The van der Waals surface area contributed by atoms with Crippen LogP contribution in [0.1, 0.15) is 29.6 Å². The minimum atomic E-state index is 0.116. The first-order valence-electron chi connectivity index (χ1n) is 7.95. The lowest BCUT2D eigenvalue weighted by atomic mass is 10.0. The number of imidazole rings is 1. The van der Waals surface area contributed by atoms with Crippen molar-refractivity contribution in [2.24, 2.45) is 13.0 Å². The van der Waals surface area contributed by atoms with Gasteiger partial charge in [-0.3, -0.25) is 4.98 Å². The topological polar surface area (TPSA) is 52.0 Å². The normalized spacial score (nSPS) is 21.4. The average molecular weight is 300 g/mol. The van der Waals surface area contributed by atoms with Gasteiger partial charge < -0.3 is 14.6 Å². The minimum Gasteiger partial charge on any atom is -0.370 e. The van der Waals surface area contributed by atoms with Crippen molar-refractivity contribution in [3.05, 3.63) is 47.8 Å². The number of nitrogens with one attached hydrogen (secondary N) is 1. The van der Waals surface area contributed by atoms with Gasteiger partial charge in [0.25, 0.3) is 0 Å². The monoisotopic (exact) mass is 300 g/mol. The second-order valence-corrected chi connectivity index (χ2v) is 6.02. The molecule has 3 rings (SSSR count). The molecule has 1 saturated heterocycles. The van der Waals surface area contributed by atoms with Crippen LogP contribution in [-0.4, -0.2) is 34.2 Å². The molecule has 1 N–H and O–H groups in total. The van der Waals surface area contributed by atoms with Gasteiger partial charge >= 0.3 is 0 Å². The molecule has 0 aromatic carbocycles. The molecular formula is C17H24N4O. The maximum atomic E-state index is 5.88. The third-order valence-corrected chi connectivity index (χ3v) is 4.26. The Morgan fingerprint density at radius 1 is 1.36 bits per heavy atom. The van der Waals surface area contributed by atoms with Crippen LogP contribution in [-0.2, 0) is 18.2 Å². The quantitative estimate of drug-likeness (QED) is 0.830. The van der Waals surface area contributed by atoms with E-state index >= 15 is 0 Å². The number of aromatic nitrogens is 3. The van der Waals surface area contributed by atoms with Crippen LogP contribution < -0.4 is 5.32 Å². The zero-order valence-corrected chi connectivity index (χ0v) is 13.3. The van der Waals surface area contributed by atoms with E-state index in [1.807, 2.05) is 25.6 Å². The van der Waals surface area contributed by atoms with Crippen LogP contribution in [0.15, 0.2) is 30.7 Å². The Morgan fingerprint density at radius 2 is 2.27 bits per heavy atom. The van der Waals surface area contributed by atoms with E-state index in [0.717, 1.165) is 44.1 Å². The molecule has 118 valence electrons. The molecule has 0 spiro atoms. The first-order valence-corrected chi connectivity index (χ1v) is 7.95. The molecule has 0 aliphatic carbocycles. The first-order chi connectivity index (χ1) is 10.7. The molecule has 0 bridgehead atoms. The summed E-state index contributed by atoms with van der Waals surface area (Å²) < 4.78 is 7.94. The lowest BCUT2D eigenvalue weighted by Gasteiger charge is -2.18. The van der Waals surface area contributed by atoms with Crippen LogP contribution in [0, 0.1) is 12.8 Å². The zero-order valence-electron chi connectivity index (χ0n) is 13.3. The maximum absolute atomic E-state index is 5.88. The summed E-state index contributed by atoms with van der Waals surface area (Å²) in [6.45, 7) is 4.79. The highest BCUT2D eigenvalue weighted by Crippen LogP contribution is 2.32. The van der Waals surface area contributed by atoms with E-state index in [1.165, 1.54) is 5.56 Å². The SMILES string of the molecule is Cc1ccc(CCNC[C@@H]2CCO[C@H]2c2nccn2C)nc1. The molecule has 5 heteroatoms. The largest absolute Gasteiger partial charge is 0.370 e. The van der Waals surface area contributed by atoms with Crippen LogP contribution in [0.3, 0.4) is 0 Å². The molecular weight excluding hydrogens is 276 g/mol. The van der Waals surface area contributed by atoms with Gasteiger partial charge in [0, 0.05) is 63.4 Å². The van der Waals surface area contributed by atoms with Crippen LogP contribution in [0.25, 0.3) is 0 Å². The van der Waals surface area contributed by atoms with Crippen molar-refractivity contribution >= 4 is 0 Å². The molecule has 2 aromatic rings. The predicted octanol–water partition coefficient (Wildman–Crippen LogP) is 2.03. The standard InChI is InChI=1S/C17H24N4O/c1-13-3-4-15(20-11-13)5-7-18-12-14-6-10-22-16(14)17-19-8-9-21(17)2/h3-4,8-9,11,14,16,18H,5-7,10,12H2,1-2H3/t14-,16+/m0/s1. The lowest BCUT2D eigenvalue weighted by molar-refractivity contribution is 0.0812. The highest BCUT2D eigenvalue weighted by Gasteiger charge is 2.31. The van der Waals surface area contributed by atoms with Crippen LogP contribution in [0.2, 0.25) is 0 Å². The highest BCUT2D eigenvalue weighted by molar-refractivity contribution is 5.12. The second-order valence-electron chi connectivity index (χ2n) is 6.02. The number of aryl methyl sites for hydroxylation is 2. The molecule has 2 atom stereocenters. The van der Waals surface area contributed by atoms with Gasteiger partial charge in [-0.25, -0.2) is 4.98 Å². The zero-order chi connectivity index (χ0) is 15.4. The van der Waals surface area contributed by atoms with Gasteiger partial charge in [-0.2, -0.15) is 0 Å². The second kappa shape index (κ2) is 7.03. The molecule has 22 heavy (non-hydrogen) atoms. The summed E-state index contributed by atoms with van der Waals surface area (Å²) in [7, 11) is 2.03. The predicted molar refractivity (Wildman–Crippen MR) is 85.6 cm³/mol. The van der Waals surface area contributed by atoms with E-state index in [0.29, 0.717) is 5.92 Å². The van der Waals surface area contributed by atoms with Gasteiger partial charge in [0.05, 0.1) is 0 Å². The summed E-state index contributed by atoms with van der Waals surface area (Å²) in [4.78, 5) is 8.87. The maximum Gasteiger partial charge on any atom is 0.137 e. The van der Waals surface area contributed by atoms with Gasteiger partial charge in [0.15, 0.2) is 0 Å². The Bertz CT molecular complexity index is 593. The Balaban J connectivity index is 1.47. The molecule has 3 heterocycles. The van der Waals surface area contributed by atoms with Crippen molar-refractivity contribution in [3.8, 4) is 0 Å². The number of nitrogens with zero attached hydrogens (tertiary/aromatic N) is 3. The lowest BCUT2D eigenvalue weighted by Crippen LogP contribution is -2.27. The molecule has 0 radical (unpaired) electrons. The van der Waals surface area contributed by atoms with E-state index in [2.05, 4.69) is 38.9 Å². The van der Waals surface area contributed by atoms with Crippen molar-refractivity contribution in [2.75, 3.05) is 19.7 Å². The van der Waals surface area contributed by atoms with Crippen LogP contribution in [0.4, 0.5) is 0 Å². The fourth-order valence-electron chi connectivity index (χ4n) is 2.93. The van der Waals surface area contributed by atoms with Gasteiger partial charge in [0.1, 0.15) is 11.9 Å². The summed E-state index contributed by atoms with van der Waals surface area (Å²) in [5, 5.41) is 3.54. The van der Waals surface area contributed by atoms with Crippen LogP contribution in [0.5, 0.6) is 0 Å². The molecule has 2 aromatic heterocycles. The minimum absolute atomic E-state index is 0.116. The van der Waals surface area contributed by atoms with Crippen molar-refractivity contribution in [1.29, 1.82) is 0 Å². The summed E-state index contributed by atoms with van der Waals surface area (Å²) in [5.41, 5.74) is 2.35. The number of ether oxygens (including phenoxy) is 1. The van der Waals surface area contributed by atoms with E-state index < -0.39 is 0 Å². The van der Waals surface area contributed by atoms with E-state index in [-0.39, 0.29) is 6.10 Å². The van der Waals surface area contributed by atoms with Gasteiger partial charge in [0.2, 0.25) is 0 Å². The fourth-order valence-corrected chi connectivity index (χ4v) is 2.93. The van der Waals surface area contributed by atoms with Crippen molar-refractivity contribution in [3.63, 3.8) is 0 Å². The summed E-state index contributed by atoms with van der Waals surface area (Å²) in [6, 6.07) is 4.22. The van der Waals surface area contributed by atoms with Gasteiger partial charge in [-0.1, -0.05) is 6.07 Å². The van der Waals surface area contributed by atoms with E-state index in [9.17, 15) is 0 Å². The summed E-state index contributed by atoms with van der Waals surface area (Å²) in [5.74, 6) is 1.52. The van der Waals surface area contributed by atoms with E-state index in [1.54, 1.807) is 0 Å². The van der Waals surface area contributed by atoms with Crippen molar-refractivity contribution in [1.82, 2.24) is 19.9 Å². The molecule has 5 nitrogen and oxygen atoms in total. The smallest absolute Gasteiger partial charge is 0.137 e.